The predicted molar refractivity (Wildman–Crippen MR) is 75.2 cm³/mol. The van der Waals surface area contributed by atoms with Crippen molar-refractivity contribution in [3.63, 3.8) is 0 Å². The Kier molecular flexibility index (Phi) is 5.95. The molecule has 1 heterocycles. The molecule has 19 heavy (non-hydrogen) atoms. The van der Waals surface area contributed by atoms with Gasteiger partial charge < -0.3 is 4.90 Å². The van der Waals surface area contributed by atoms with Crippen LogP contribution in [-0.2, 0) is 0 Å². The molecule has 0 aliphatic heterocycles. The second kappa shape index (κ2) is 7.23. The minimum atomic E-state index is -0.108. The number of rotatable bonds is 6. The summed E-state index contributed by atoms with van der Waals surface area (Å²) in [5.41, 5.74) is 0. The van der Waals surface area contributed by atoms with Crippen LogP contribution in [0.25, 0.3) is 0 Å². The van der Waals surface area contributed by atoms with Gasteiger partial charge in [0.15, 0.2) is 0 Å². The fraction of sp³-hybridized carbons (Fsp3) is 0.769. The molecule has 1 aromatic heterocycles. The van der Waals surface area contributed by atoms with Gasteiger partial charge in [0.25, 0.3) is 0 Å². The van der Waals surface area contributed by atoms with Crippen LogP contribution in [0.1, 0.15) is 33.5 Å². The Morgan fingerprint density at radius 3 is 2.42 bits per heavy atom. The quantitative estimate of drug-likeness (QED) is 0.785. The zero-order valence-corrected chi connectivity index (χ0v) is 12.6. The molecule has 0 saturated heterocycles. The van der Waals surface area contributed by atoms with Gasteiger partial charge >= 0.3 is 6.03 Å². The van der Waals surface area contributed by atoms with E-state index in [-0.39, 0.29) is 6.03 Å². The van der Waals surface area contributed by atoms with E-state index in [1.54, 1.807) is 11.8 Å². The van der Waals surface area contributed by atoms with E-state index in [4.69, 9.17) is 0 Å². The second-order valence-corrected chi connectivity index (χ2v) is 4.82. The summed E-state index contributed by atoms with van der Waals surface area (Å²) in [4.78, 5) is 20.3. The van der Waals surface area contributed by atoms with Crippen LogP contribution in [0.4, 0.5) is 4.79 Å². The molecule has 0 atom stereocenters. The summed E-state index contributed by atoms with van der Waals surface area (Å²) in [5, 5.41) is 4.06. The molecule has 0 N–H and O–H groups in total. The van der Waals surface area contributed by atoms with E-state index in [0.717, 1.165) is 13.1 Å². The number of likely N-dealkylation sites (N-methyl/N-ethyl adjacent to an activating group) is 2. The number of nitrogens with zero attached hydrogens (tertiary/aromatic N) is 5. The molecule has 1 amide bonds. The SMILES string of the molecule is CCN(CCN(CC)C(C)C)C(=O)n1cnc(C)n1. The number of hydrogen-bond donors (Lipinski definition) is 0. The largest absolute Gasteiger partial charge is 0.346 e. The third-order valence-electron chi connectivity index (χ3n) is 3.25. The Morgan fingerprint density at radius 2 is 2.00 bits per heavy atom. The molecule has 0 spiro atoms. The van der Waals surface area contributed by atoms with Gasteiger partial charge in [0.2, 0.25) is 0 Å². The first kappa shape index (κ1) is 15.6. The lowest BCUT2D eigenvalue weighted by Crippen LogP contribution is -2.42. The number of carbonyl (C=O) groups excluding carboxylic acids is 1. The van der Waals surface area contributed by atoms with Crippen molar-refractivity contribution in [1.82, 2.24) is 24.6 Å². The van der Waals surface area contributed by atoms with Gasteiger partial charge in [-0.2, -0.15) is 4.68 Å². The molecule has 6 heteroatoms. The standard InChI is InChI=1S/C13H25N5O/c1-6-16(11(3)4)8-9-17(7-2)13(19)18-10-14-12(5)15-18/h10-11H,6-9H2,1-5H3. The maximum atomic E-state index is 12.2. The molecule has 6 nitrogen and oxygen atoms in total. The smallest absolute Gasteiger partial charge is 0.322 e. The molecular formula is C13H25N5O. The maximum absolute atomic E-state index is 12.2. The van der Waals surface area contributed by atoms with Crippen LogP contribution in [0.15, 0.2) is 6.33 Å². The first-order valence-electron chi connectivity index (χ1n) is 6.91. The minimum absolute atomic E-state index is 0.108. The van der Waals surface area contributed by atoms with Crippen LogP contribution in [-0.4, -0.2) is 62.8 Å². The van der Waals surface area contributed by atoms with E-state index >= 15 is 0 Å². The summed E-state index contributed by atoms with van der Waals surface area (Å²) >= 11 is 0. The highest BCUT2D eigenvalue weighted by molar-refractivity contribution is 5.75. The van der Waals surface area contributed by atoms with E-state index in [1.165, 1.54) is 11.0 Å². The topological polar surface area (TPSA) is 54.3 Å². The molecule has 0 saturated carbocycles. The highest BCUT2D eigenvalue weighted by Gasteiger charge is 2.16. The Balaban J connectivity index is 2.60. The summed E-state index contributed by atoms with van der Waals surface area (Å²) in [6, 6.07) is 0.385. The third-order valence-corrected chi connectivity index (χ3v) is 3.25. The number of hydrogen-bond acceptors (Lipinski definition) is 4. The van der Waals surface area contributed by atoms with Crippen LogP contribution in [0.5, 0.6) is 0 Å². The fourth-order valence-corrected chi connectivity index (χ4v) is 2.00. The van der Waals surface area contributed by atoms with Gasteiger partial charge in [-0.25, -0.2) is 9.78 Å². The fourth-order valence-electron chi connectivity index (χ4n) is 2.00. The Bertz CT molecular complexity index is 401. The van der Waals surface area contributed by atoms with E-state index in [2.05, 4.69) is 35.8 Å². The van der Waals surface area contributed by atoms with Gasteiger partial charge in [-0.1, -0.05) is 6.92 Å². The van der Waals surface area contributed by atoms with Crippen molar-refractivity contribution in [2.45, 2.75) is 40.7 Å². The Hall–Kier alpha value is -1.43. The molecule has 0 unspecified atom stereocenters. The van der Waals surface area contributed by atoms with Gasteiger partial charge in [0.1, 0.15) is 12.2 Å². The van der Waals surface area contributed by atoms with Gasteiger partial charge in [-0.15, -0.1) is 5.10 Å². The number of amides is 1. The van der Waals surface area contributed by atoms with Gasteiger partial charge in [-0.3, -0.25) is 4.90 Å². The molecule has 0 aliphatic rings. The van der Waals surface area contributed by atoms with Crippen molar-refractivity contribution < 1.29 is 4.79 Å². The minimum Gasteiger partial charge on any atom is -0.322 e. The first-order valence-corrected chi connectivity index (χ1v) is 6.91. The number of carbonyl (C=O) groups is 1. The van der Waals surface area contributed by atoms with Crippen LogP contribution in [0.3, 0.4) is 0 Å². The lowest BCUT2D eigenvalue weighted by Gasteiger charge is -2.28. The highest BCUT2D eigenvalue weighted by atomic mass is 16.2. The molecule has 0 radical (unpaired) electrons. The van der Waals surface area contributed by atoms with Crippen LogP contribution in [0.2, 0.25) is 0 Å². The van der Waals surface area contributed by atoms with Crippen LogP contribution in [0, 0.1) is 6.92 Å². The molecular weight excluding hydrogens is 242 g/mol. The molecule has 0 fully saturated rings. The van der Waals surface area contributed by atoms with Crippen molar-refractivity contribution in [2.24, 2.45) is 0 Å². The summed E-state index contributed by atoms with van der Waals surface area (Å²) in [5.74, 6) is 0.613. The molecule has 1 aromatic rings. The van der Waals surface area contributed by atoms with Crippen LogP contribution < -0.4 is 0 Å². The summed E-state index contributed by atoms with van der Waals surface area (Å²) in [6.45, 7) is 13.5. The monoisotopic (exact) mass is 267 g/mol. The van der Waals surface area contributed by atoms with Gasteiger partial charge in [0.05, 0.1) is 0 Å². The van der Waals surface area contributed by atoms with E-state index in [9.17, 15) is 4.79 Å². The number of aryl methyl sites for hydroxylation is 1. The summed E-state index contributed by atoms with van der Waals surface area (Å²) in [7, 11) is 0. The summed E-state index contributed by atoms with van der Waals surface area (Å²) < 4.78 is 1.31. The molecule has 1 rings (SSSR count). The Labute approximate surface area is 115 Å². The molecule has 0 aliphatic carbocycles. The molecule has 0 aromatic carbocycles. The number of aromatic nitrogens is 3. The predicted octanol–water partition coefficient (Wildman–Crippen LogP) is 1.61. The van der Waals surface area contributed by atoms with Crippen LogP contribution >= 0.6 is 0 Å². The normalized spacial score (nSPS) is 11.3. The maximum Gasteiger partial charge on any atom is 0.346 e. The second-order valence-electron chi connectivity index (χ2n) is 4.82. The highest BCUT2D eigenvalue weighted by Crippen LogP contribution is 2.01. The average molecular weight is 267 g/mol. The molecule has 108 valence electrons. The lowest BCUT2D eigenvalue weighted by molar-refractivity contribution is 0.173. The van der Waals surface area contributed by atoms with Crippen molar-refractivity contribution in [3.05, 3.63) is 12.2 Å². The van der Waals surface area contributed by atoms with Gasteiger partial charge in [0, 0.05) is 25.7 Å². The van der Waals surface area contributed by atoms with Crippen molar-refractivity contribution in [1.29, 1.82) is 0 Å². The first-order chi connectivity index (χ1) is 8.99. The van der Waals surface area contributed by atoms with Crippen molar-refractivity contribution in [2.75, 3.05) is 26.2 Å². The van der Waals surface area contributed by atoms with Crippen molar-refractivity contribution in [3.8, 4) is 0 Å². The Morgan fingerprint density at radius 1 is 1.32 bits per heavy atom. The van der Waals surface area contributed by atoms with Crippen molar-refractivity contribution >= 4 is 6.03 Å². The van der Waals surface area contributed by atoms with E-state index < -0.39 is 0 Å². The zero-order chi connectivity index (χ0) is 14.4. The summed E-state index contributed by atoms with van der Waals surface area (Å²) in [6.07, 6.45) is 1.47. The zero-order valence-electron chi connectivity index (χ0n) is 12.6. The van der Waals surface area contributed by atoms with Gasteiger partial charge in [-0.05, 0) is 34.2 Å². The molecule has 0 bridgehead atoms. The van der Waals surface area contributed by atoms with E-state index in [1.807, 2.05) is 6.92 Å². The lowest BCUT2D eigenvalue weighted by atomic mass is 10.3. The van der Waals surface area contributed by atoms with E-state index in [0.29, 0.717) is 25.0 Å². The third kappa shape index (κ3) is 4.31. The average Bonchev–Trinajstić information content (AvgIpc) is 2.80.